The van der Waals surface area contributed by atoms with Gasteiger partial charge in [0.2, 0.25) is 0 Å². The van der Waals surface area contributed by atoms with Crippen molar-refractivity contribution in [1.82, 2.24) is 9.55 Å². The minimum Gasteiger partial charge on any atom is -0.299 e. The standard InChI is InChI=1S/C21H15ClN2/c22-18-11-7-10-17(14-18)21-23-20(16-8-3-1-4-9-16)15-24(21)19-12-5-2-6-13-19/h1-15H. The van der Waals surface area contributed by atoms with E-state index in [9.17, 15) is 0 Å². The van der Waals surface area contributed by atoms with E-state index in [0.29, 0.717) is 5.02 Å². The van der Waals surface area contributed by atoms with Crippen LogP contribution in [0.5, 0.6) is 0 Å². The highest BCUT2D eigenvalue weighted by Gasteiger charge is 2.13. The second kappa shape index (κ2) is 6.34. The van der Waals surface area contributed by atoms with Crippen LogP contribution in [0, 0.1) is 0 Å². The van der Waals surface area contributed by atoms with Gasteiger partial charge in [-0.15, -0.1) is 0 Å². The molecule has 4 aromatic rings. The molecule has 0 radical (unpaired) electrons. The predicted molar refractivity (Wildman–Crippen MR) is 99.4 cm³/mol. The fourth-order valence-corrected chi connectivity index (χ4v) is 2.94. The summed E-state index contributed by atoms with van der Waals surface area (Å²) in [5.74, 6) is 0.877. The van der Waals surface area contributed by atoms with Crippen LogP contribution in [0.25, 0.3) is 28.3 Å². The van der Waals surface area contributed by atoms with Gasteiger partial charge in [0.25, 0.3) is 0 Å². The highest BCUT2D eigenvalue weighted by molar-refractivity contribution is 6.30. The van der Waals surface area contributed by atoms with Crippen LogP contribution in [0.3, 0.4) is 0 Å². The first-order valence-corrected chi connectivity index (χ1v) is 8.15. The summed E-state index contributed by atoms with van der Waals surface area (Å²) in [6.45, 7) is 0. The molecule has 24 heavy (non-hydrogen) atoms. The molecule has 0 saturated heterocycles. The summed E-state index contributed by atoms with van der Waals surface area (Å²) in [4.78, 5) is 4.87. The largest absolute Gasteiger partial charge is 0.299 e. The van der Waals surface area contributed by atoms with E-state index >= 15 is 0 Å². The zero-order valence-corrected chi connectivity index (χ0v) is 13.7. The van der Waals surface area contributed by atoms with E-state index in [-0.39, 0.29) is 0 Å². The van der Waals surface area contributed by atoms with Crippen molar-refractivity contribution in [2.24, 2.45) is 0 Å². The third kappa shape index (κ3) is 2.84. The maximum Gasteiger partial charge on any atom is 0.145 e. The number of benzene rings is 3. The van der Waals surface area contributed by atoms with Crippen LogP contribution in [-0.2, 0) is 0 Å². The number of hydrogen-bond acceptors (Lipinski definition) is 1. The van der Waals surface area contributed by atoms with Gasteiger partial charge in [0.1, 0.15) is 5.82 Å². The van der Waals surface area contributed by atoms with Crippen molar-refractivity contribution in [3.8, 4) is 28.3 Å². The summed E-state index contributed by atoms with van der Waals surface area (Å²) in [7, 11) is 0. The summed E-state index contributed by atoms with van der Waals surface area (Å²) in [6, 6.07) is 28.2. The molecule has 0 aliphatic heterocycles. The normalized spacial score (nSPS) is 10.7. The fraction of sp³-hybridized carbons (Fsp3) is 0. The highest BCUT2D eigenvalue weighted by Crippen LogP contribution is 2.29. The van der Waals surface area contributed by atoms with Crippen LogP contribution in [0.15, 0.2) is 91.1 Å². The lowest BCUT2D eigenvalue weighted by atomic mass is 10.2. The lowest BCUT2D eigenvalue weighted by Crippen LogP contribution is -1.95. The van der Waals surface area contributed by atoms with E-state index < -0.39 is 0 Å². The van der Waals surface area contributed by atoms with Crippen molar-refractivity contribution in [2.75, 3.05) is 0 Å². The third-order valence-corrected chi connectivity index (χ3v) is 4.13. The number of rotatable bonds is 3. The van der Waals surface area contributed by atoms with Gasteiger partial charge in [-0.3, -0.25) is 4.57 Å². The first kappa shape index (κ1) is 14.7. The molecule has 0 N–H and O–H groups in total. The van der Waals surface area contributed by atoms with Gasteiger partial charge in [0.05, 0.1) is 5.69 Å². The Kier molecular flexibility index (Phi) is 3.89. The molecular weight excluding hydrogens is 316 g/mol. The van der Waals surface area contributed by atoms with Crippen molar-refractivity contribution < 1.29 is 0 Å². The van der Waals surface area contributed by atoms with Crippen molar-refractivity contribution in [2.45, 2.75) is 0 Å². The molecule has 3 aromatic carbocycles. The molecule has 0 saturated carbocycles. The molecular formula is C21H15ClN2. The number of halogens is 1. The average molecular weight is 331 g/mol. The Hall–Kier alpha value is -2.84. The van der Waals surface area contributed by atoms with Crippen molar-refractivity contribution >= 4 is 11.6 Å². The molecule has 0 atom stereocenters. The van der Waals surface area contributed by atoms with Gasteiger partial charge < -0.3 is 0 Å². The van der Waals surface area contributed by atoms with E-state index in [1.807, 2.05) is 60.7 Å². The third-order valence-electron chi connectivity index (χ3n) is 3.89. The molecule has 0 aliphatic rings. The van der Waals surface area contributed by atoms with E-state index in [1.54, 1.807) is 0 Å². The molecule has 0 spiro atoms. The average Bonchev–Trinajstić information content (AvgIpc) is 3.09. The molecule has 0 aliphatic carbocycles. The molecule has 3 heteroatoms. The summed E-state index contributed by atoms with van der Waals surface area (Å²) in [6.07, 6.45) is 2.07. The summed E-state index contributed by atoms with van der Waals surface area (Å²) >= 11 is 6.18. The molecule has 2 nitrogen and oxygen atoms in total. The quantitative estimate of drug-likeness (QED) is 0.460. The van der Waals surface area contributed by atoms with Crippen LogP contribution >= 0.6 is 11.6 Å². The minimum atomic E-state index is 0.705. The minimum absolute atomic E-state index is 0.705. The molecule has 1 heterocycles. The maximum atomic E-state index is 6.18. The Bertz CT molecular complexity index is 960. The summed E-state index contributed by atoms with van der Waals surface area (Å²) < 4.78 is 2.11. The molecule has 1 aromatic heterocycles. The Balaban J connectivity index is 1.92. The van der Waals surface area contributed by atoms with Crippen LogP contribution in [0.4, 0.5) is 0 Å². The number of nitrogens with zero attached hydrogens (tertiary/aromatic N) is 2. The predicted octanol–water partition coefficient (Wildman–Crippen LogP) is 5.86. The second-order valence-corrected chi connectivity index (χ2v) is 5.97. The lowest BCUT2D eigenvalue weighted by Gasteiger charge is -2.07. The van der Waals surface area contributed by atoms with Gasteiger partial charge in [-0.2, -0.15) is 0 Å². The number of imidazole rings is 1. The fourth-order valence-electron chi connectivity index (χ4n) is 2.74. The number of hydrogen-bond donors (Lipinski definition) is 0. The van der Waals surface area contributed by atoms with Crippen LogP contribution in [0.2, 0.25) is 5.02 Å². The van der Waals surface area contributed by atoms with Gasteiger partial charge >= 0.3 is 0 Å². The van der Waals surface area contributed by atoms with Crippen LogP contribution < -0.4 is 0 Å². The van der Waals surface area contributed by atoms with Gasteiger partial charge in [-0.25, -0.2) is 4.98 Å². The topological polar surface area (TPSA) is 17.8 Å². The number of aromatic nitrogens is 2. The number of para-hydroxylation sites is 1. The summed E-state index contributed by atoms with van der Waals surface area (Å²) in [5.41, 5.74) is 4.10. The zero-order valence-electron chi connectivity index (χ0n) is 12.9. The SMILES string of the molecule is Clc1cccc(-c2nc(-c3ccccc3)cn2-c2ccccc2)c1. The molecule has 116 valence electrons. The Morgan fingerprint density at radius 2 is 1.38 bits per heavy atom. The monoisotopic (exact) mass is 330 g/mol. The van der Waals surface area contributed by atoms with Crippen molar-refractivity contribution in [3.63, 3.8) is 0 Å². The Morgan fingerprint density at radius 3 is 2.08 bits per heavy atom. The second-order valence-electron chi connectivity index (χ2n) is 5.53. The van der Waals surface area contributed by atoms with Gasteiger partial charge in [-0.05, 0) is 24.3 Å². The van der Waals surface area contributed by atoms with E-state index in [2.05, 4.69) is 35.0 Å². The van der Waals surface area contributed by atoms with E-state index in [1.165, 1.54) is 0 Å². The lowest BCUT2D eigenvalue weighted by molar-refractivity contribution is 1.07. The van der Waals surface area contributed by atoms with Crippen molar-refractivity contribution in [1.29, 1.82) is 0 Å². The Labute approximate surface area is 146 Å². The molecule has 0 bridgehead atoms. The van der Waals surface area contributed by atoms with Gasteiger partial charge in [0.15, 0.2) is 0 Å². The van der Waals surface area contributed by atoms with Gasteiger partial charge in [0, 0.05) is 28.0 Å². The zero-order chi connectivity index (χ0) is 16.4. The van der Waals surface area contributed by atoms with Gasteiger partial charge in [-0.1, -0.05) is 72.3 Å². The smallest absolute Gasteiger partial charge is 0.145 e. The van der Waals surface area contributed by atoms with Crippen LogP contribution in [0.1, 0.15) is 0 Å². The maximum absolute atomic E-state index is 6.18. The first-order valence-electron chi connectivity index (χ1n) is 7.77. The molecule has 4 rings (SSSR count). The molecule has 0 fully saturated rings. The van der Waals surface area contributed by atoms with E-state index in [4.69, 9.17) is 16.6 Å². The molecule has 0 amide bonds. The summed E-state index contributed by atoms with van der Waals surface area (Å²) in [5, 5.41) is 0.705. The Morgan fingerprint density at radius 1 is 0.708 bits per heavy atom. The van der Waals surface area contributed by atoms with E-state index in [0.717, 1.165) is 28.3 Å². The van der Waals surface area contributed by atoms with Crippen molar-refractivity contribution in [3.05, 3.63) is 96.1 Å². The van der Waals surface area contributed by atoms with Crippen LogP contribution in [-0.4, -0.2) is 9.55 Å². The first-order chi connectivity index (χ1) is 11.8. The molecule has 0 unspecified atom stereocenters. The highest BCUT2D eigenvalue weighted by atomic mass is 35.5.